The average molecular weight is 299 g/mol. The lowest BCUT2D eigenvalue weighted by atomic mass is 10.3. The molecule has 0 bridgehead atoms. The summed E-state index contributed by atoms with van der Waals surface area (Å²) in [5, 5.41) is 0.236. The Balaban J connectivity index is 2.30. The number of sulfonamides is 1. The fraction of sp³-hybridized carbons (Fsp3) is 0.0833. The molecule has 1 heterocycles. The maximum absolute atomic E-state index is 12.1. The van der Waals surface area contributed by atoms with Gasteiger partial charge in [-0.25, -0.2) is 13.4 Å². The van der Waals surface area contributed by atoms with Gasteiger partial charge in [0.1, 0.15) is 5.75 Å². The first kappa shape index (κ1) is 13.6. The van der Waals surface area contributed by atoms with Crippen LogP contribution in [0.15, 0.2) is 47.5 Å². The molecule has 1 aromatic carbocycles. The van der Waals surface area contributed by atoms with Crippen LogP contribution in [-0.4, -0.2) is 20.5 Å². The van der Waals surface area contributed by atoms with Gasteiger partial charge in [-0.3, -0.25) is 4.72 Å². The van der Waals surface area contributed by atoms with Crippen molar-refractivity contribution in [2.45, 2.75) is 4.90 Å². The zero-order chi connectivity index (χ0) is 13.9. The standard InChI is InChI=1S/C12H11ClN2O3S/c1-18-9-4-6-10(7-5-9)19(16,17)15-12-11(13)3-2-8-14-12/h2-8H,1H3,(H,14,15). The molecule has 0 amide bonds. The van der Waals surface area contributed by atoms with Gasteiger partial charge in [-0.2, -0.15) is 0 Å². The summed E-state index contributed by atoms with van der Waals surface area (Å²) in [4.78, 5) is 3.98. The molecular formula is C12H11ClN2O3S. The Morgan fingerprint density at radius 2 is 1.89 bits per heavy atom. The van der Waals surface area contributed by atoms with Gasteiger partial charge in [0.05, 0.1) is 17.0 Å². The highest BCUT2D eigenvalue weighted by Crippen LogP contribution is 2.22. The van der Waals surface area contributed by atoms with E-state index in [0.29, 0.717) is 5.75 Å². The van der Waals surface area contributed by atoms with Gasteiger partial charge in [-0.15, -0.1) is 0 Å². The minimum atomic E-state index is -3.71. The number of ether oxygens (including phenoxy) is 1. The summed E-state index contributed by atoms with van der Waals surface area (Å²) < 4.78 is 31.5. The molecule has 100 valence electrons. The maximum Gasteiger partial charge on any atom is 0.263 e. The Bertz CT molecular complexity index is 672. The Morgan fingerprint density at radius 3 is 2.47 bits per heavy atom. The van der Waals surface area contributed by atoms with E-state index in [1.807, 2.05) is 0 Å². The molecule has 0 aliphatic rings. The first-order valence-corrected chi connectivity index (χ1v) is 7.16. The van der Waals surface area contributed by atoms with Crippen molar-refractivity contribution in [2.75, 3.05) is 11.8 Å². The molecule has 0 spiro atoms. The molecule has 0 unspecified atom stereocenters. The molecule has 0 radical (unpaired) electrons. The molecule has 0 aliphatic carbocycles. The van der Waals surface area contributed by atoms with E-state index in [-0.39, 0.29) is 15.7 Å². The van der Waals surface area contributed by atoms with Crippen molar-refractivity contribution in [3.05, 3.63) is 47.6 Å². The van der Waals surface area contributed by atoms with Crippen LogP contribution in [0.3, 0.4) is 0 Å². The van der Waals surface area contributed by atoms with Crippen LogP contribution in [-0.2, 0) is 10.0 Å². The number of rotatable bonds is 4. The predicted molar refractivity (Wildman–Crippen MR) is 73.0 cm³/mol. The predicted octanol–water partition coefficient (Wildman–Crippen LogP) is 2.54. The molecule has 1 aromatic heterocycles. The number of aromatic nitrogens is 1. The van der Waals surface area contributed by atoms with Crippen LogP contribution < -0.4 is 9.46 Å². The van der Waals surface area contributed by atoms with Crippen molar-refractivity contribution >= 4 is 27.4 Å². The lowest BCUT2D eigenvalue weighted by Gasteiger charge is -2.08. The second kappa shape index (κ2) is 5.46. The summed E-state index contributed by atoms with van der Waals surface area (Å²) in [6.45, 7) is 0. The zero-order valence-corrected chi connectivity index (χ0v) is 11.6. The van der Waals surface area contributed by atoms with Crippen LogP contribution in [0.25, 0.3) is 0 Å². The number of halogens is 1. The van der Waals surface area contributed by atoms with Crippen molar-refractivity contribution in [1.29, 1.82) is 0 Å². The number of hydrogen-bond acceptors (Lipinski definition) is 4. The van der Waals surface area contributed by atoms with Gasteiger partial charge < -0.3 is 4.74 Å². The maximum atomic E-state index is 12.1. The minimum absolute atomic E-state index is 0.0972. The van der Waals surface area contributed by atoms with Crippen LogP contribution in [0.1, 0.15) is 0 Å². The second-order valence-corrected chi connectivity index (χ2v) is 5.70. The fourth-order valence-electron chi connectivity index (χ4n) is 1.40. The summed E-state index contributed by atoms with van der Waals surface area (Å²) >= 11 is 5.86. The Labute approximate surface area is 116 Å². The summed E-state index contributed by atoms with van der Waals surface area (Å²) in [5.74, 6) is 0.676. The normalized spacial score (nSPS) is 11.1. The van der Waals surface area contributed by atoms with Crippen LogP contribution >= 0.6 is 11.6 Å². The lowest BCUT2D eigenvalue weighted by molar-refractivity contribution is 0.414. The van der Waals surface area contributed by atoms with Crippen LogP contribution in [0.2, 0.25) is 5.02 Å². The molecule has 19 heavy (non-hydrogen) atoms. The largest absolute Gasteiger partial charge is 0.497 e. The van der Waals surface area contributed by atoms with E-state index in [1.165, 1.54) is 25.4 Å². The first-order chi connectivity index (χ1) is 9.03. The molecule has 7 heteroatoms. The first-order valence-electron chi connectivity index (χ1n) is 5.30. The third-order valence-corrected chi connectivity index (χ3v) is 4.02. The third-order valence-electron chi connectivity index (χ3n) is 2.36. The molecule has 2 aromatic rings. The molecule has 1 N–H and O–H groups in total. The van der Waals surface area contributed by atoms with E-state index in [0.717, 1.165) is 0 Å². The fourth-order valence-corrected chi connectivity index (χ4v) is 2.66. The van der Waals surface area contributed by atoms with Gasteiger partial charge in [0.25, 0.3) is 10.0 Å². The highest BCUT2D eigenvalue weighted by molar-refractivity contribution is 7.92. The SMILES string of the molecule is COc1ccc(S(=O)(=O)Nc2ncccc2Cl)cc1. The van der Waals surface area contributed by atoms with E-state index < -0.39 is 10.0 Å². The number of benzene rings is 1. The minimum Gasteiger partial charge on any atom is -0.497 e. The van der Waals surface area contributed by atoms with Crippen molar-refractivity contribution < 1.29 is 13.2 Å². The highest BCUT2D eigenvalue weighted by Gasteiger charge is 2.16. The molecule has 0 aliphatic heterocycles. The van der Waals surface area contributed by atoms with Crippen molar-refractivity contribution in [3.63, 3.8) is 0 Å². The van der Waals surface area contributed by atoms with Gasteiger partial charge in [0.15, 0.2) is 5.82 Å². The molecule has 5 nitrogen and oxygen atoms in total. The molecule has 0 fully saturated rings. The van der Waals surface area contributed by atoms with E-state index in [1.54, 1.807) is 24.3 Å². The van der Waals surface area contributed by atoms with Gasteiger partial charge in [0.2, 0.25) is 0 Å². The summed E-state index contributed by atoms with van der Waals surface area (Å²) in [6.07, 6.45) is 1.46. The number of anilines is 1. The van der Waals surface area contributed by atoms with Crippen molar-refractivity contribution in [2.24, 2.45) is 0 Å². The van der Waals surface area contributed by atoms with Crippen molar-refractivity contribution in [1.82, 2.24) is 4.98 Å². The molecular weight excluding hydrogens is 288 g/mol. The number of pyridine rings is 1. The van der Waals surface area contributed by atoms with Gasteiger partial charge in [0, 0.05) is 6.20 Å². The van der Waals surface area contributed by atoms with E-state index >= 15 is 0 Å². The topological polar surface area (TPSA) is 68.3 Å². The lowest BCUT2D eigenvalue weighted by Crippen LogP contribution is -2.14. The van der Waals surface area contributed by atoms with E-state index in [2.05, 4.69) is 9.71 Å². The van der Waals surface area contributed by atoms with Crippen LogP contribution in [0, 0.1) is 0 Å². The van der Waals surface area contributed by atoms with Crippen LogP contribution in [0.5, 0.6) is 5.75 Å². The smallest absolute Gasteiger partial charge is 0.263 e. The number of hydrogen-bond donors (Lipinski definition) is 1. The summed E-state index contributed by atoms with van der Waals surface area (Å²) in [7, 11) is -2.20. The van der Waals surface area contributed by atoms with Gasteiger partial charge in [-0.05, 0) is 36.4 Å². The van der Waals surface area contributed by atoms with Gasteiger partial charge in [-0.1, -0.05) is 11.6 Å². The number of nitrogens with one attached hydrogen (secondary N) is 1. The van der Waals surface area contributed by atoms with Gasteiger partial charge >= 0.3 is 0 Å². The third kappa shape index (κ3) is 3.15. The Kier molecular flexibility index (Phi) is 3.92. The van der Waals surface area contributed by atoms with E-state index in [4.69, 9.17) is 16.3 Å². The second-order valence-electron chi connectivity index (χ2n) is 3.61. The Morgan fingerprint density at radius 1 is 1.21 bits per heavy atom. The molecule has 0 atom stereocenters. The number of methoxy groups -OCH3 is 1. The van der Waals surface area contributed by atoms with Crippen LogP contribution in [0.4, 0.5) is 5.82 Å². The van der Waals surface area contributed by atoms with E-state index in [9.17, 15) is 8.42 Å². The summed E-state index contributed by atoms with van der Waals surface area (Å²) in [5.41, 5.74) is 0. The number of nitrogens with zero attached hydrogens (tertiary/aromatic N) is 1. The highest BCUT2D eigenvalue weighted by atomic mass is 35.5. The van der Waals surface area contributed by atoms with Crippen molar-refractivity contribution in [3.8, 4) is 5.75 Å². The molecule has 0 saturated carbocycles. The zero-order valence-electron chi connectivity index (χ0n) is 10.00. The monoisotopic (exact) mass is 298 g/mol. The average Bonchev–Trinajstić information content (AvgIpc) is 2.41. The molecule has 2 rings (SSSR count). The summed E-state index contributed by atoms with van der Waals surface area (Å²) in [6, 6.07) is 9.19. The quantitative estimate of drug-likeness (QED) is 0.942. The molecule has 0 saturated heterocycles. The Hall–Kier alpha value is -1.79.